The molecule has 60 valence electrons. The normalized spacial score (nSPS) is 21.6. The van der Waals surface area contributed by atoms with E-state index in [1.165, 1.54) is 19.3 Å². The van der Waals surface area contributed by atoms with Crippen LogP contribution in [0.5, 0.6) is 0 Å². The fourth-order valence-electron chi connectivity index (χ4n) is 1.33. The molecule has 0 atom stereocenters. The van der Waals surface area contributed by atoms with E-state index >= 15 is 0 Å². The molecule has 0 aliphatic heterocycles. The molecule has 0 aromatic carbocycles. The van der Waals surface area contributed by atoms with E-state index in [4.69, 9.17) is 5.73 Å². The molecule has 0 aromatic rings. The number of hydrogen-bond acceptors (Lipinski definition) is 2. The van der Waals surface area contributed by atoms with Crippen molar-refractivity contribution in [2.75, 3.05) is 6.54 Å². The largest absolute Gasteiger partial charge is 0.330 e. The Balaban J connectivity index is 2.23. The Kier molecular flexibility index (Phi) is 2.64. The molecule has 0 bridgehead atoms. The zero-order valence-corrected chi connectivity index (χ0v) is 7.71. The van der Waals surface area contributed by atoms with E-state index in [1.54, 1.807) is 0 Å². The van der Waals surface area contributed by atoms with Gasteiger partial charge in [0.2, 0.25) is 0 Å². The van der Waals surface area contributed by atoms with Gasteiger partial charge < -0.3 is 5.73 Å². The first-order valence-electron chi connectivity index (χ1n) is 4.06. The van der Waals surface area contributed by atoms with Crippen LogP contribution >= 0.6 is 11.8 Å². The smallest absolute Gasteiger partial charge is 0.0175 e. The number of thioether (sulfide) groups is 1. The Morgan fingerprint density at radius 2 is 2.10 bits per heavy atom. The standard InChI is InChI=1S/C8H17NS/c1-7(2)10-8(3-4-8)5-6-9/h7H,3-6,9H2,1-2H3. The second kappa shape index (κ2) is 3.14. The summed E-state index contributed by atoms with van der Waals surface area (Å²) in [5, 5.41) is 0.772. The highest BCUT2D eigenvalue weighted by molar-refractivity contribution is 8.01. The molecule has 0 heterocycles. The van der Waals surface area contributed by atoms with E-state index in [-0.39, 0.29) is 0 Å². The quantitative estimate of drug-likeness (QED) is 0.679. The van der Waals surface area contributed by atoms with E-state index in [0.717, 1.165) is 11.8 Å². The third kappa shape index (κ3) is 2.17. The first-order valence-corrected chi connectivity index (χ1v) is 4.94. The lowest BCUT2D eigenvalue weighted by molar-refractivity contribution is 0.777. The summed E-state index contributed by atoms with van der Waals surface area (Å²) in [5.74, 6) is 0. The van der Waals surface area contributed by atoms with Gasteiger partial charge >= 0.3 is 0 Å². The number of hydrogen-bond donors (Lipinski definition) is 1. The average molecular weight is 159 g/mol. The van der Waals surface area contributed by atoms with Gasteiger partial charge in [0, 0.05) is 4.75 Å². The Hall–Kier alpha value is 0.310. The summed E-state index contributed by atoms with van der Waals surface area (Å²) >= 11 is 2.11. The van der Waals surface area contributed by atoms with Crippen LogP contribution in [-0.2, 0) is 0 Å². The van der Waals surface area contributed by atoms with E-state index in [1.807, 2.05) is 0 Å². The van der Waals surface area contributed by atoms with Crippen LogP contribution in [0, 0.1) is 0 Å². The Morgan fingerprint density at radius 1 is 1.50 bits per heavy atom. The molecule has 2 N–H and O–H groups in total. The van der Waals surface area contributed by atoms with Crippen LogP contribution in [0.2, 0.25) is 0 Å². The second-order valence-electron chi connectivity index (χ2n) is 3.39. The zero-order valence-electron chi connectivity index (χ0n) is 6.89. The predicted molar refractivity (Wildman–Crippen MR) is 48.4 cm³/mol. The van der Waals surface area contributed by atoms with Crippen LogP contribution in [0.15, 0.2) is 0 Å². The van der Waals surface area contributed by atoms with Crippen LogP contribution in [-0.4, -0.2) is 16.5 Å². The highest BCUT2D eigenvalue weighted by Crippen LogP contribution is 2.52. The molecule has 0 aromatic heterocycles. The highest BCUT2D eigenvalue weighted by Gasteiger charge is 2.42. The van der Waals surface area contributed by atoms with Gasteiger partial charge in [-0.05, 0) is 31.1 Å². The first-order chi connectivity index (χ1) is 4.68. The molecule has 1 saturated carbocycles. The average Bonchev–Trinajstić information content (AvgIpc) is 2.47. The molecule has 0 saturated heterocycles. The maximum absolute atomic E-state index is 5.52. The maximum Gasteiger partial charge on any atom is 0.0175 e. The third-order valence-electron chi connectivity index (χ3n) is 1.89. The van der Waals surface area contributed by atoms with E-state index < -0.39 is 0 Å². The Morgan fingerprint density at radius 3 is 2.40 bits per heavy atom. The molecule has 1 rings (SSSR count). The molecule has 1 fully saturated rings. The van der Waals surface area contributed by atoms with Gasteiger partial charge in [0.25, 0.3) is 0 Å². The van der Waals surface area contributed by atoms with Crippen LogP contribution in [0.4, 0.5) is 0 Å². The first kappa shape index (κ1) is 8.41. The summed E-state index contributed by atoms with van der Waals surface area (Å²) < 4.78 is 0.614. The van der Waals surface area contributed by atoms with Gasteiger partial charge in [-0.15, -0.1) is 0 Å². The Bertz CT molecular complexity index is 108. The number of rotatable bonds is 4. The van der Waals surface area contributed by atoms with Gasteiger partial charge in [0.15, 0.2) is 0 Å². The van der Waals surface area contributed by atoms with E-state index in [0.29, 0.717) is 4.75 Å². The minimum Gasteiger partial charge on any atom is -0.330 e. The van der Waals surface area contributed by atoms with E-state index in [9.17, 15) is 0 Å². The predicted octanol–water partition coefficient (Wildman–Crippen LogP) is 2.01. The van der Waals surface area contributed by atoms with Crippen LogP contribution in [0.3, 0.4) is 0 Å². The second-order valence-corrected chi connectivity index (χ2v) is 5.43. The van der Waals surface area contributed by atoms with Crippen LogP contribution in [0.1, 0.15) is 33.1 Å². The van der Waals surface area contributed by atoms with Gasteiger partial charge in [-0.2, -0.15) is 11.8 Å². The summed E-state index contributed by atoms with van der Waals surface area (Å²) in [6.07, 6.45) is 4.01. The topological polar surface area (TPSA) is 26.0 Å². The summed E-state index contributed by atoms with van der Waals surface area (Å²) in [6, 6.07) is 0. The minimum absolute atomic E-state index is 0.614. The molecule has 2 heteroatoms. The van der Waals surface area contributed by atoms with Crippen molar-refractivity contribution < 1.29 is 0 Å². The van der Waals surface area contributed by atoms with Gasteiger partial charge in [-0.3, -0.25) is 0 Å². The molecule has 0 amide bonds. The molecule has 1 aliphatic rings. The van der Waals surface area contributed by atoms with Gasteiger partial charge in [0.1, 0.15) is 0 Å². The molecule has 0 unspecified atom stereocenters. The van der Waals surface area contributed by atoms with E-state index in [2.05, 4.69) is 25.6 Å². The van der Waals surface area contributed by atoms with Gasteiger partial charge in [0.05, 0.1) is 0 Å². The van der Waals surface area contributed by atoms with Crippen molar-refractivity contribution in [3.63, 3.8) is 0 Å². The van der Waals surface area contributed by atoms with Crippen LogP contribution < -0.4 is 5.73 Å². The van der Waals surface area contributed by atoms with Crippen molar-refractivity contribution in [1.82, 2.24) is 0 Å². The fourth-order valence-corrected chi connectivity index (χ4v) is 2.90. The Labute approximate surface area is 67.8 Å². The molecule has 0 radical (unpaired) electrons. The van der Waals surface area contributed by atoms with Gasteiger partial charge in [-0.1, -0.05) is 13.8 Å². The summed E-state index contributed by atoms with van der Waals surface area (Å²) in [4.78, 5) is 0. The SMILES string of the molecule is CC(C)SC1(CCN)CC1. The highest BCUT2D eigenvalue weighted by atomic mass is 32.2. The van der Waals surface area contributed by atoms with Crippen molar-refractivity contribution in [1.29, 1.82) is 0 Å². The maximum atomic E-state index is 5.52. The van der Waals surface area contributed by atoms with Crippen molar-refractivity contribution in [2.24, 2.45) is 5.73 Å². The monoisotopic (exact) mass is 159 g/mol. The molecule has 0 spiro atoms. The van der Waals surface area contributed by atoms with Gasteiger partial charge in [-0.25, -0.2) is 0 Å². The number of nitrogens with two attached hydrogens (primary N) is 1. The minimum atomic E-state index is 0.614. The molecule has 1 aliphatic carbocycles. The van der Waals surface area contributed by atoms with Crippen molar-refractivity contribution in [2.45, 2.75) is 43.1 Å². The fraction of sp³-hybridized carbons (Fsp3) is 1.00. The molecular weight excluding hydrogens is 142 g/mol. The molecule has 10 heavy (non-hydrogen) atoms. The zero-order chi connectivity index (χ0) is 7.61. The molecular formula is C8H17NS. The summed E-state index contributed by atoms with van der Waals surface area (Å²) in [7, 11) is 0. The lowest BCUT2D eigenvalue weighted by atomic mass is 10.3. The third-order valence-corrected chi connectivity index (χ3v) is 3.48. The lowest BCUT2D eigenvalue weighted by Gasteiger charge is -2.15. The summed E-state index contributed by atoms with van der Waals surface area (Å²) in [6.45, 7) is 5.39. The van der Waals surface area contributed by atoms with Crippen LogP contribution in [0.25, 0.3) is 0 Å². The van der Waals surface area contributed by atoms with Crippen molar-refractivity contribution in [3.8, 4) is 0 Å². The van der Waals surface area contributed by atoms with Crippen molar-refractivity contribution in [3.05, 3.63) is 0 Å². The lowest BCUT2D eigenvalue weighted by Crippen LogP contribution is -2.13. The molecule has 1 nitrogen and oxygen atoms in total. The summed E-state index contributed by atoms with van der Waals surface area (Å²) in [5.41, 5.74) is 5.52. The van der Waals surface area contributed by atoms with Crippen molar-refractivity contribution >= 4 is 11.8 Å².